The lowest BCUT2D eigenvalue weighted by Crippen LogP contribution is -2.02. The number of ether oxygens (including phenoxy) is 1. The zero-order valence-corrected chi connectivity index (χ0v) is 12.1. The highest BCUT2D eigenvalue weighted by Crippen LogP contribution is 2.31. The van der Waals surface area contributed by atoms with Gasteiger partial charge in [0.2, 0.25) is 5.76 Å². The van der Waals surface area contributed by atoms with Crippen molar-refractivity contribution in [2.45, 2.75) is 33.6 Å². The zero-order chi connectivity index (χ0) is 14.7. The van der Waals surface area contributed by atoms with E-state index in [2.05, 4.69) is 13.8 Å². The standard InChI is InChI=1S/C16H20O4/c1-4-7-19-11-5-6-14-12(9-11)13(8-10(2)3)15(20-14)16(17)18/h5-6,9-10H,4,7-8H2,1-3H3,(H,17,18). The van der Waals surface area contributed by atoms with Gasteiger partial charge in [0.25, 0.3) is 0 Å². The zero-order valence-electron chi connectivity index (χ0n) is 12.1. The fraction of sp³-hybridized carbons (Fsp3) is 0.438. The lowest BCUT2D eigenvalue weighted by molar-refractivity contribution is 0.0663. The Bertz CT molecular complexity index is 610. The Morgan fingerprint density at radius 2 is 2.15 bits per heavy atom. The molecule has 0 spiro atoms. The Morgan fingerprint density at radius 3 is 2.75 bits per heavy atom. The maximum atomic E-state index is 11.3. The van der Waals surface area contributed by atoms with E-state index in [4.69, 9.17) is 9.15 Å². The number of aromatic carboxylic acids is 1. The van der Waals surface area contributed by atoms with Crippen LogP contribution < -0.4 is 4.74 Å². The molecule has 0 aliphatic carbocycles. The molecule has 0 saturated carbocycles. The fourth-order valence-corrected chi connectivity index (χ4v) is 2.22. The van der Waals surface area contributed by atoms with Gasteiger partial charge in [0.05, 0.1) is 6.61 Å². The molecule has 20 heavy (non-hydrogen) atoms. The highest BCUT2D eigenvalue weighted by Gasteiger charge is 2.20. The van der Waals surface area contributed by atoms with Crippen molar-refractivity contribution < 1.29 is 19.1 Å². The topological polar surface area (TPSA) is 59.7 Å². The van der Waals surface area contributed by atoms with Gasteiger partial charge >= 0.3 is 5.97 Å². The first kappa shape index (κ1) is 14.4. The highest BCUT2D eigenvalue weighted by atomic mass is 16.5. The molecule has 0 fully saturated rings. The third kappa shape index (κ3) is 2.95. The summed E-state index contributed by atoms with van der Waals surface area (Å²) in [6.07, 6.45) is 1.61. The first-order valence-electron chi connectivity index (χ1n) is 6.94. The van der Waals surface area contributed by atoms with E-state index in [9.17, 15) is 9.90 Å². The molecule has 4 nitrogen and oxygen atoms in total. The Kier molecular flexibility index (Phi) is 4.32. The van der Waals surface area contributed by atoms with Crippen LogP contribution in [0.15, 0.2) is 22.6 Å². The summed E-state index contributed by atoms with van der Waals surface area (Å²) in [5.74, 6) is 0.130. The normalized spacial score (nSPS) is 11.2. The minimum Gasteiger partial charge on any atom is -0.494 e. The van der Waals surface area contributed by atoms with Gasteiger partial charge in [-0.2, -0.15) is 0 Å². The van der Waals surface area contributed by atoms with Gasteiger partial charge in [-0.25, -0.2) is 4.79 Å². The van der Waals surface area contributed by atoms with Crippen molar-refractivity contribution >= 4 is 16.9 Å². The molecule has 0 bridgehead atoms. The summed E-state index contributed by atoms with van der Waals surface area (Å²) in [4.78, 5) is 11.3. The Hall–Kier alpha value is -1.97. The van der Waals surface area contributed by atoms with Crippen LogP contribution in [0.4, 0.5) is 0 Å². The van der Waals surface area contributed by atoms with Gasteiger partial charge in [-0.1, -0.05) is 20.8 Å². The maximum Gasteiger partial charge on any atom is 0.372 e. The number of carboxylic acid groups (broad SMARTS) is 1. The Labute approximate surface area is 118 Å². The van der Waals surface area contributed by atoms with Gasteiger partial charge in [-0.3, -0.25) is 0 Å². The van der Waals surface area contributed by atoms with Gasteiger partial charge in [-0.05, 0) is 37.0 Å². The van der Waals surface area contributed by atoms with Crippen molar-refractivity contribution in [3.63, 3.8) is 0 Å². The van der Waals surface area contributed by atoms with Crippen LogP contribution >= 0.6 is 0 Å². The van der Waals surface area contributed by atoms with Gasteiger partial charge in [0.1, 0.15) is 11.3 Å². The molecule has 0 aliphatic heterocycles. The molecular weight excluding hydrogens is 256 g/mol. The molecule has 1 aromatic carbocycles. The molecule has 0 saturated heterocycles. The minimum absolute atomic E-state index is 0.0429. The SMILES string of the molecule is CCCOc1ccc2oc(C(=O)O)c(CC(C)C)c2c1. The molecule has 0 aliphatic rings. The first-order valence-corrected chi connectivity index (χ1v) is 6.94. The van der Waals surface area contributed by atoms with Crippen molar-refractivity contribution in [3.05, 3.63) is 29.5 Å². The van der Waals surface area contributed by atoms with Crippen LogP contribution in [-0.2, 0) is 6.42 Å². The van der Waals surface area contributed by atoms with E-state index in [1.54, 1.807) is 6.07 Å². The largest absolute Gasteiger partial charge is 0.494 e. The van der Waals surface area contributed by atoms with Gasteiger partial charge in [-0.15, -0.1) is 0 Å². The van der Waals surface area contributed by atoms with Crippen molar-refractivity contribution in [2.24, 2.45) is 5.92 Å². The number of carboxylic acids is 1. The number of hydrogen-bond acceptors (Lipinski definition) is 3. The van der Waals surface area contributed by atoms with E-state index in [-0.39, 0.29) is 5.76 Å². The summed E-state index contributed by atoms with van der Waals surface area (Å²) in [6, 6.07) is 5.46. The monoisotopic (exact) mass is 276 g/mol. The second-order valence-corrected chi connectivity index (χ2v) is 5.32. The van der Waals surface area contributed by atoms with Crippen LogP contribution in [0.3, 0.4) is 0 Å². The van der Waals surface area contributed by atoms with Crippen LogP contribution in [-0.4, -0.2) is 17.7 Å². The summed E-state index contributed by atoms with van der Waals surface area (Å²) in [5, 5.41) is 10.1. The number of benzene rings is 1. The highest BCUT2D eigenvalue weighted by molar-refractivity contribution is 5.95. The van der Waals surface area contributed by atoms with E-state index < -0.39 is 5.97 Å². The minimum atomic E-state index is -1.02. The molecule has 2 rings (SSSR count). The van der Waals surface area contributed by atoms with Crippen LogP contribution in [0, 0.1) is 5.92 Å². The summed E-state index contributed by atoms with van der Waals surface area (Å²) in [7, 11) is 0. The second kappa shape index (κ2) is 5.99. The molecule has 2 aromatic rings. The number of rotatable bonds is 6. The molecule has 0 amide bonds. The molecule has 1 N–H and O–H groups in total. The molecule has 108 valence electrons. The molecule has 1 aromatic heterocycles. The summed E-state index contributed by atoms with van der Waals surface area (Å²) in [5.41, 5.74) is 1.35. The van der Waals surface area contributed by atoms with E-state index in [0.717, 1.165) is 23.1 Å². The van der Waals surface area contributed by atoms with Gasteiger partial charge in [0, 0.05) is 10.9 Å². The van der Waals surface area contributed by atoms with E-state index in [1.165, 1.54) is 0 Å². The number of hydrogen-bond donors (Lipinski definition) is 1. The summed E-state index contributed by atoms with van der Waals surface area (Å²) >= 11 is 0. The average molecular weight is 276 g/mol. The maximum absolute atomic E-state index is 11.3. The smallest absolute Gasteiger partial charge is 0.372 e. The van der Waals surface area contributed by atoms with Crippen molar-refractivity contribution in [2.75, 3.05) is 6.61 Å². The molecule has 1 heterocycles. The van der Waals surface area contributed by atoms with Crippen LogP contribution in [0.1, 0.15) is 43.3 Å². The van der Waals surface area contributed by atoms with E-state index in [0.29, 0.717) is 24.5 Å². The predicted octanol–water partition coefficient (Wildman–Crippen LogP) is 4.12. The molecule has 4 heteroatoms. The summed E-state index contributed by atoms with van der Waals surface area (Å²) < 4.78 is 11.1. The molecular formula is C16H20O4. The van der Waals surface area contributed by atoms with Crippen molar-refractivity contribution in [1.82, 2.24) is 0 Å². The third-order valence-corrected chi connectivity index (χ3v) is 3.04. The third-order valence-electron chi connectivity index (χ3n) is 3.04. The van der Waals surface area contributed by atoms with E-state index >= 15 is 0 Å². The Balaban J connectivity index is 2.50. The molecule has 0 unspecified atom stereocenters. The van der Waals surface area contributed by atoms with Crippen molar-refractivity contribution in [3.8, 4) is 5.75 Å². The quantitative estimate of drug-likeness (QED) is 0.862. The number of furan rings is 1. The Morgan fingerprint density at radius 1 is 1.40 bits per heavy atom. The lowest BCUT2D eigenvalue weighted by Gasteiger charge is -2.06. The van der Waals surface area contributed by atoms with Gasteiger partial charge < -0.3 is 14.3 Å². The number of fused-ring (bicyclic) bond motifs is 1. The number of carbonyl (C=O) groups is 1. The van der Waals surface area contributed by atoms with Crippen LogP contribution in [0.5, 0.6) is 5.75 Å². The molecule has 0 radical (unpaired) electrons. The second-order valence-electron chi connectivity index (χ2n) is 5.32. The van der Waals surface area contributed by atoms with Gasteiger partial charge in [0.15, 0.2) is 0 Å². The predicted molar refractivity (Wildman–Crippen MR) is 77.5 cm³/mol. The van der Waals surface area contributed by atoms with Crippen molar-refractivity contribution in [1.29, 1.82) is 0 Å². The average Bonchev–Trinajstić information content (AvgIpc) is 2.74. The van der Waals surface area contributed by atoms with Crippen LogP contribution in [0.2, 0.25) is 0 Å². The molecule has 0 atom stereocenters. The van der Waals surface area contributed by atoms with Crippen LogP contribution in [0.25, 0.3) is 11.0 Å². The summed E-state index contributed by atoms with van der Waals surface area (Å²) in [6.45, 7) is 6.81. The first-order chi connectivity index (χ1) is 9.52. The lowest BCUT2D eigenvalue weighted by atomic mass is 9.99. The fourth-order valence-electron chi connectivity index (χ4n) is 2.22. The van der Waals surface area contributed by atoms with E-state index in [1.807, 2.05) is 19.1 Å².